The molecule has 0 spiro atoms. The molecule has 2 N–H and O–H groups in total. The number of benzene rings is 1. The maximum atomic E-state index is 12.5. The van der Waals surface area contributed by atoms with E-state index in [1.165, 1.54) is 0 Å². The van der Waals surface area contributed by atoms with Gasteiger partial charge in [0.05, 0.1) is 11.2 Å². The Morgan fingerprint density at radius 1 is 1.25 bits per heavy atom. The van der Waals surface area contributed by atoms with Gasteiger partial charge in [-0.1, -0.05) is 12.5 Å². The molecule has 28 heavy (non-hydrogen) atoms. The highest BCUT2D eigenvalue weighted by Crippen LogP contribution is 2.29. The van der Waals surface area contributed by atoms with E-state index in [1.807, 2.05) is 18.2 Å². The Hall–Kier alpha value is -2.64. The highest BCUT2D eigenvalue weighted by molar-refractivity contribution is 8.18. The van der Waals surface area contributed by atoms with Crippen molar-refractivity contribution in [1.82, 2.24) is 10.6 Å². The van der Waals surface area contributed by atoms with Crippen molar-refractivity contribution < 1.29 is 18.8 Å². The van der Waals surface area contributed by atoms with E-state index in [0.29, 0.717) is 10.5 Å². The van der Waals surface area contributed by atoms with E-state index in [-0.39, 0.29) is 22.8 Å². The van der Waals surface area contributed by atoms with Gasteiger partial charge >= 0.3 is 0 Å². The van der Waals surface area contributed by atoms with Gasteiger partial charge in [-0.15, -0.1) is 0 Å². The van der Waals surface area contributed by atoms with Gasteiger partial charge in [-0.3, -0.25) is 19.7 Å². The highest BCUT2D eigenvalue weighted by atomic mass is 32.2. The number of furan rings is 1. The van der Waals surface area contributed by atoms with Gasteiger partial charge in [0.15, 0.2) is 5.78 Å². The third kappa shape index (κ3) is 4.10. The minimum atomic E-state index is -0.384. The molecule has 1 aromatic carbocycles. The Bertz CT molecular complexity index is 997. The molecule has 1 atom stereocenters. The van der Waals surface area contributed by atoms with E-state index < -0.39 is 0 Å². The molecule has 7 heteroatoms. The first-order chi connectivity index (χ1) is 13.6. The third-order valence-electron chi connectivity index (χ3n) is 4.94. The van der Waals surface area contributed by atoms with Crippen LogP contribution in [0.5, 0.6) is 0 Å². The van der Waals surface area contributed by atoms with Gasteiger partial charge < -0.3 is 9.73 Å². The van der Waals surface area contributed by atoms with Crippen molar-refractivity contribution in [2.45, 2.75) is 19.3 Å². The Balaban J connectivity index is 1.56. The molecular weight excluding hydrogens is 376 g/mol. The molecule has 0 aliphatic carbocycles. The first-order valence-electron chi connectivity index (χ1n) is 9.29. The van der Waals surface area contributed by atoms with Crippen LogP contribution < -0.4 is 10.6 Å². The molecule has 144 valence electrons. The van der Waals surface area contributed by atoms with Gasteiger partial charge in [0.25, 0.3) is 11.1 Å². The van der Waals surface area contributed by atoms with Crippen LogP contribution in [0.15, 0.2) is 39.9 Å². The normalized spacial score (nSPS) is 22.1. The first kappa shape index (κ1) is 18.7. The topological polar surface area (TPSA) is 88.4 Å². The van der Waals surface area contributed by atoms with Crippen molar-refractivity contribution in [2.24, 2.45) is 5.92 Å². The van der Waals surface area contributed by atoms with Gasteiger partial charge in [0, 0.05) is 23.4 Å². The molecule has 1 aromatic heterocycles. The van der Waals surface area contributed by atoms with Crippen LogP contribution in [0, 0.1) is 5.92 Å². The van der Waals surface area contributed by atoms with Crippen LogP contribution in [0.25, 0.3) is 23.1 Å². The number of fused-ring (bicyclic) bond motifs is 1. The van der Waals surface area contributed by atoms with Gasteiger partial charge in [-0.25, -0.2) is 0 Å². The third-order valence-corrected chi connectivity index (χ3v) is 5.75. The molecule has 4 rings (SSSR count). The summed E-state index contributed by atoms with van der Waals surface area (Å²) >= 11 is 0.885. The number of hydrogen-bond donors (Lipinski definition) is 2. The summed E-state index contributed by atoms with van der Waals surface area (Å²) in [5.41, 5.74) is 2.30. The monoisotopic (exact) mass is 396 g/mol. The zero-order valence-corrected chi connectivity index (χ0v) is 16.0. The molecule has 1 unspecified atom stereocenters. The van der Waals surface area contributed by atoms with Crippen molar-refractivity contribution in [1.29, 1.82) is 0 Å². The zero-order valence-electron chi connectivity index (χ0n) is 15.2. The minimum Gasteiger partial charge on any atom is -0.464 e. The predicted molar refractivity (Wildman–Crippen MR) is 110 cm³/mol. The minimum absolute atomic E-state index is 0.0210. The van der Waals surface area contributed by atoms with Crippen LogP contribution >= 0.6 is 11.8 Å². The van der Waals surface area contributed by atoms with E-state index in [4.69, 9.17) is 4.42 Å². The Labute approximate surface area is 166 Å². The van der Waals surface area contributed by atoms with Crippen LogP contribution in [0.1, 0.15) is 30.4 Å². The van der Waals surface area contributed by atoms with Crippen LogP contribution in [0.3, 0.4) is 0 Å². The predicted octanol–water partition coefficient (Wildman–Crippen LogP) is 3.73. The molecule has 2 aliphatic rings. The number of carbonyl (C=O) groups is 3. The largest absolute Gasteiger partial charge is 0.464 e. The second-order valence-electron chi connectivity index (χ2n) is 6.93. The number of rotatable bonds is 4. The lowest BCUT2D eigenvalue weighted by atomic mass is 9.97. The fourth-order valence-electron chi connectivity index (χ4n) is 3.43. The van der Waals surface area contributed by atoms with Crippen molar-refractivity contribution in [2.75, 3.05) is 13.1 Å². The molecule has 2 amide bonds. The number of hydrogen-bond acceptors (Lipinski definition) is 6. The van der Waals surface area contributed by atoms with Gasteiger partial charge in [-0.2, -0.15) is 0 Å². The number of nitrogens with one attached hydrogen (secondary N) is 2. The van der Waals surface area contributed by atoms with E-state index in [1.54, 1.807) is 24.5 Å². The highest BCUT2D eigenvalue weighted by Gasteiger charge is 2.25. The second kappa shape index (κ2) is 8.16. The van der Waals surface area contributed by atoms with Crippen molar-refractivity contribution in [3.8, 4) is 0 Å². The van der Waals surface area contributed by atoms with Crippen LogP contribution in [-0.4, -0.2) is 30.0 Å². The average Bonchev–Trinajstić information content (AvgIpc) is 3.08. The van der Waals surface area contributed by atoms with E-state index in [0.717, 1.165) is 60.6 Å². The molecule has 2 aromatic rings. The number of thioether (sulfide) groups is 1. The number of imide groups is 1. The van der Waals surface area contributed by atoms with Gasteiger partial charge in [0.1, 0.15) is 5.58 Å². The summed E-state index contributed by atoms with van der Waals surface area (Å²) in [6.45, 7) is 1.70. The molecule has 3 heterocycles. The quantitative estimate of drug-likeness (QED) is 0.766. The molecule has 0 saturated carbocycles. The molecular formula is C21H20N2O4S. The van der Waals surface area contributed by atoms with Gasteiger partial charge in [-0.05, 0) is 67.1 Å². The maximum absolute atomic E-state index is 12.5. The van der Waals surface area contributed by atoms with Crippen LogP contribution in [0.4, 0.5) is 4.79 Å². The summed E-state index contributed by atoms with van der Waals surface area (Å²) in [7, 11) is 0. The number of ketones is 1. The molecule has 6 nitrogen and oxygen atoms in total. The second-order valence-corrected chi connectivity index (χ2v) is 7.95. The zero-order chi connectivity index (χ0) is 19.5. The van der Waals surface area contributed by atoms with Gasteiger partial charge in [0.2, 0.25) is 0 Å². The number of allylic oxidation sites excluding steroid dienone is 1. The number of amides is 2. The average molecular weight is 396 g/mol. The number of carbonyl (C=O) groups excluding carboxylic acids is 3. The maximum Gasteiger partial charge on any atom is 0.290 e. The molecule has 2 fully saturated rings. The smallest absolute Gasteiger partial charge is 0.290 e. The standard InChI is InChI=1S/C21H20N2O4S/c24-17(14-3-1-2-8-22-11-14)6-5-15-12-27-18-7-4-13(9-16(15)18)10-19-20(25)23-21(26)28-19/h4-7,9-10,12,14,22H,1-3,8,11H2,(H,23,25,26). The molecule has 2 aliphatic heterocycles. The van der Waals surface area contributed by atoms with Crippen LogP contribution in [-0.2, 0) is 9.59 Å². The van der Waals surface area contributed by atoms with Crippen molar-refractivity contribution in [3.05, 3.63) is 46.6 Å². The summed E-state index contributed by atoms with van der Waals surface area (Å²) in [6.07, 6.45) is 9.81. The molecule has 0 radical (unpaired) electrons. The summed E-state index contributed by atoms with van der Waals surface area (Å²) in [4.78, 5) is 35.9. The Morgan fingerprint density at radius 3 is 2.96 bits per heavy atom. The molecule has 0 bridgehead atoms. The Kier molecular flexibility index (Phi) is 5.45. The summed E-state index contributed by atoms with van der Waals surface area (Å²) in [6, 6.07) is 5.53. The van der Waals surface area contributed by atoms with E-state index in [9.17, 15) is 14.4 Å². The fraction of sp³-hybridized carbons (Fsp3) is 0.286. The SMILES string of the molecule is O=C1NC(=O)C(=Cc2ccc3occ(C=CC(=O)C4CCCCNC4)c3c2)S1. The summed E-state index contributed by atoms with van der Waals surface area (Å²) in [5, 5.41) is 6.04. The lowest BCUT2D eigenvalue weighted by molar-refractivity contribution is -0.118. The summed E-state index contributed by atoms with van der Waals surface area (Å²) in [5.74, 6) is -0.239. The lowest BCUT2D eigenvalue weighted by Crippen LogP contribution is -2.25. The Morgan fingerprint density at radius 2 is 2.14 bits per heavy atom. The fourth-order valence-corrected chi connectivity index (χ4v) is 4.11. The molecule has 2 saturated heterocycles. The lowest BCUT2D eigenvalue weighted by Gasteiger charge is -2.09. The van der Waals surface area contributed by atoms with Crippen molar-refractivity contribution in [3.63, 3.8) is 0 Å². The van der Waals surface area contributed by atoms with Crippen molar-refractivity contribution >= 4 is 51.8 Å². The first-order valence-corrected chi connectivity index (χ1v) is 10.1. The van der Waals surface area contributed by atoms with E-state index >= 15 is 0 Å². The van der Waals surface area contributed by atoms with E-state index in [2.05, 4.69) is 10.6 Å². The van der Waals surface area contributed by atoms with Crippen LogP contribution in [0.2, 0.25) is 0 Å². The summed E-state index contributed by atoms with van der Waals surface area (Å²) < 4.78 is 5.58.